The van der Waals surface area contributed by atoms with Crippen LogP contribution in [0.5, 0.6) is 0 Å². The third kappa shape index (κ3) is 13.1. The topological polar surface area (TPSA) is 130 Å². The lowest BCUT2D eigenvalue weighted by Crippen LogP contribution is -2.30. The van der Waals surface area contributed by atoms with E-state index < -0.39 is 0 Å². The molecule has 0 saturated heterocycles. The average Bonchev–Trinajstić information content (AvgIpc) is 2.73. The molecule has 1 aromatic carbocycles. The Kier molecular flexibility index (Phi) is 18.0. The van der Waals surface area contributed by atoms with Gasteiger partial charge in [-0.05, 0) is 6.26 Å². The molecule has 0 aliphatic rings. The summed E-state index contributed by atoms with van der Waals surface area (Å²) in [5.41, 5.74) is 11.6. The van der Waals surface area contributed by atoms with Gasteiger partial charge in [0.2, 0.25) is 0 Å². The number of nitrogens with zero attached hydrogens (tertiary/aromatic N) is 1. The van der Waals surface area contributed by atoms with Crippen LogP contribution in [0.4, 0.5) is 16.3 Å². The van der Waals surface area contributed by atoms with Gasteiger partial charge in [0, 0.05) is 30.2 Å². The van der Waals surface area contributed by atoms with Crippen molar-refractivity contribution in [3.8, 4) is 12.8 Å². The molecule has 7 nitrogen and oxygen atoms in total. The van der Waals surface area contributed by atoms with Gasteiger partial charge in [-0.1, -0.05) is 50.2 Å². The Labute approximate surface area is 172 Å². The van der Waals surface area contributed by atoms with Crippen LogP contribution in [0.25, 0.3) is 0 Å². The molecule has 0 bridgehead atoms. The number of rotatable bonds is 5. The van der Waals surface area contributed by atoms with Gasteiger partial charge in [0.05, 0.1) is 5.56 Å². The zero-order valence-corrected chi connectivity index (χ0v) is 17.4. The molecule has 2 aromatic rings. The minimum Gasteiger partial charge on any atom is -0.398 e. The standard InChI is InChI=1S/C10H16N6OS.C6H6.C2H6.C2H2/c1-18-3-2-14-10(17)16-8-4-7(11)6(5-15-8)9(12)13;1-2-4-6-5-3-1;2*1-2/h4-5H,2-3H2,1H3,(H3,12,13)(H4,11,14,15,16,17);1-6H;1-2H3;1-2H. The lowest BCUT2D eigenvalue weighted by Gasteiger charge is -2.08. The Balaban J connectivity index is 0. The van der Waals surface area contributed by atoms with Crippen LogP contribution in [0.2, 0.25) is 0 Å². The first-order valence-electron chi connectivity index (χ1n) is 8.51. The number of carbonyl (C=O) groups excluding carboxylic acids is 1. The van der Waals surface area contributed by atoms with E-state index in [1.807, 2.05) is 56.5 Å². The molecule has 0 unspecified atom stereocenters. The predicted octanol–water partition coefficient (Wildman–Crippen LogP) is 3.39. The quantitative estimate of drug-likeness (QED) is 0.226. The molecular weight excluding hydrogens is 372 g/mol. The summed E-state index contributed by atoms with van der Waals surface area (Å²) in [5.74, 6) is 1.00. The molecule has 1 heterocycles. The minimum absolute atomic E-state index is 0.157. The number of hydrogen-bond acceptors (Lipinski definition) is 5. The summed E-state index contributed by atoms with van der Waals surface area (Å²) in [6.07, 6.45) is 11.3. The van der Waals surface area contributed by atoms with E-state index >= 15 is 0 Å². The first-order valence-corrected chi connectivity index (χ1v) is 9.91. The van der Waals surface area contributed by atoms with Crippen molar-refractivity contribution in [1.29, 1.82) is 5.41 Å². The summed E-state index contributed by atoms with van der Waals surface area (Å²) in [6.45, 7) is 4.58. The largest absolute Gasteiger partial charge is 0.398 e. The number of benzene rings is 1. The van der Waals surface area contributed by atoms with E-state index in [0.717, 1.165) is 5.75 Å². The van der Waals surface area contributed by atoms with Gasteiger partial charge in [0.1, 0.15) is 11.7 Å². The Hall–Kier alpha value is -3.18. The van der Waals surface area contributed by atoms with Gasteiger partial charge in [-0.3, -0.25) is 10.7 Å². The number of nitrogen functional groups attached to an aromatic ring is 2. The van der Waals surface area contributed by atoms with Crippen molar-refractivity contribution in [3.05, 3.63) is 54.2 Å². The summed E-state index contributed by atoms with van der Waals surface area (Å²) in [7, 11) is 0. The van der Waals surface area contributed by atoms with Gasteiger partial charge >= 0.3 is 6.03 Å². The van der Waals surface area contributed by atoms with Crippen molar-refractivity contribution < 1.29 is 4.79 Å². The number of nitrogens with one attached hydrogen (secondary N) is 3. The number of aromatic nitrogens is 1. The highest BCUT2D eigenvalue weighted by Crippen LogP contribution is 2.14. The van der Waals surface area contributed by atoms with Crippen LogP contribution in [0.3, 0.4) is 0 Å². The number of amidine groups is 1. The highest BCUT2D eigenvalue weighted by Gasteiger charge is 2.07. The number of terminal acetylenes is 1. The van der Waals surface area contributed by atoms with E-state index in [4.69, 9.17) is 16.9 Å². The molecule has 0 aliphatic heterocycles. The number of thioether (sulfide) groups is 1. The lowest BCUT2D eigenvalue weighted by molar-refractivity contribution is 0.252. The van der Waals surface area contributed by atoms with Crippen LogP contribution in [-0.2, 0) is 0 Å². The van der Waals surface area contributed by atoms with E-state index in [0.29, 0.717) is 23.6 Å². The molecule has 8 heteroatoms. The van der Waals surface area contributed by atoms with Crippen LogP contribution < -0.4 is 22.1 Å². The average molecular weight is 403 g/mol. The van der Waals surface area contributed by atoms with Gasteiger partial charge in [-0.2, -0.15) is 11.8 Å². The first kappa shape index (κ1) is 27.0. The summed E-state index contributed by atoms with van der Waals surface area (Å²) < 4.78 is 0. The molecule has 0 aliphatic carbocycles. The second kappa shape index (κ2) is 18.6. The number of carbonyl (C=O) groups is 1. The van der Waals surface area contributed by atoms with E-state index in [9.17, 15) is 4.79 Å². The molecule has 0 radical (unpaired) electrons. The van der Waals surface area contributed by atoms with E-state index in [1.165, 1.54) is 12.3 Å². The predicted molar refractivity (Wildman–Crippen MR) is 123 cm³/mol. The number of pyridine rings is 1. The van der Waals surface area contributed by atoms with Gasteiger partial charge in [0.25, 0.3) is 0 Å². The highest BCUT2D eigenvalue weighted by atomic mass is 32.2. The third-order valence-corrected chi connectivity index (χ3v) is 3.34. The van der Waals surface area contributed by atoms with Gasteiger partial charge in [-0.25, -0.2) is 9.78 Å². The van der Waals surface area contributed by atoms with E-state index in [2.05, 4.69) is 28.5 Å². The summed E-state index contributed by atoms with van der Waals surface area (Å²) in [6, 6.07) is 13.1. The smallest absolute Gasteiger partial charge is 0.320 e. The Morgan fingerprint density at radius 2 is 1.68 bits per heavy atom. The van der Waals surface area contributed by atoms with Gasteiger partial charge in [0.15, 0.2) is 0 Å². The van der Waals surface area contributed by atoms with Crippen molar-refractivity contribution in [2.24, 2.45) is 5.73 Å². The zero-order chi connectivity index (χ0) is 21.8. The minimum atomic E-state index is -0.341. The number of nitrogens with two attached hydrogens (primary N) is 2. The van der Waals surface area contributed by atoms with E-state index in [1.54, 1.807) is 11.8 Å². The molecule has 0 atom stereocenters. The number of urea groups is 1. The molecule has 2 rings (SSSR count). The van der Waals surface area contributed by atoms with Gasteiger partial charge in [-0.15, -0.1) is 12.8 Å². The van der Waals surface area contributed by atoms with Crippen LogP contribution in [0.15, 0.2) is 48.7 Å². The highest BCUT2D eigenvalue weighted by molar-refractivity contribution is 7.98. The zero-order valence-electron chi connectivity index (χ0n) is 16.6. The molecule has 0 spiro atoms. The maximum absolute atomic E-state index is 11.4. The van der Waals surface area contributed by atoms with Crippen molar-refractivity contribution in [1.82, 2.24) is 10.3 Å². The van der Waals surface area contributed by atoms with Crippen LogP contribution in [0, 0.1) is 18.3 Å². The van der Waals surface area contributed by atoms with Crippen molar-refractivity contribution in [3.63, 3.8) is 0 Å². The second-order valence-electron chi connectivity index (χ2n) is 4.60. The maximum Gasteiger partial charge on any atom is 0.320 e. The third-order valence-electron chi connectivity index (χ3n) is 2.73. The summed E-state index contributed by atoms with van der Waals surface area (Å²) in [4.78, 5) is 15.4. The Bertz CT molecular complexity index is 665. The normalized spacial score (nSPS) is 8.32. The number of amides is 2. The van der Waals surface area contributed by atoms with Crippen molar-refractivity contribution in [2.75, 3.05) is 29.6 Å². The van der Waals surface area contributed by atoms with Gasteiger partial charge < -0.3 is 16.8 Å². The maximum atomic E-state index is 11.4. The molecule has 28 heavy (non-hydrogen) atoms. The molecule has 0 saturated carbocycles. The first-order chi connectivity index (χ1) is 13.5. The fourth-order valence-electron chi connectivity index (χ4n) is 1.58. The summed E-state index contributed by atoms with van der Waals surface area (Å²) in [5, 5.41) is 12.5. The fraction of sp³-hybridized carbons (Fsp3) is 0.250. The molecular formula is C20H30N6OS. The van der Waals surface area contributed by atoms with Crippen LogP contribution in [-0.4, -0.2) is 35.4 Å². The summed E-state index contributed by atoms with van der Waals surface area (Å²) >= 11 is 1.64. The molecule has 7 N–H and O–H groups in total. The fourth-order valence-corrected chi connectivity index (χ4v) is 1.88. The number of hydrogen-bond donors (Lipinski definition) is 5. The van der Waals surface area contributed by atoms with Crippen molar-refractivity contribution in [2.45, 2.75) is 13.8 Å². The monoisotopic (exact) mass is 402 g/mol. The molecule has 152 valence electrons. The van der Waals surface area contributed by atoms with Crippen LogP contribution >= 0.6 is 11.8 Å². The lowest BCUT2D eigenvalue weighted by atomic mass is 10.2. The SMILES string of the molecule is C#C.CC.CSCCNC(=O)Nc1cc(N)c(C(=N)N)cn1.c1ccccc1. The molecule has 0 fully saturated rings. The second-order valence-corrected chi connectivity index (χ2v) is 5.58. The Morgan fingerprint density at radius 1 is 1.18 bits per heavy atom. The Morgan fingerprint density at radius 3 is 2.07 bits per heavy atom. The molecule has 2 amide bonds. The van der Waals surface area contributed by atoms with Crippen LogP contribution in [0.1, 0.15) is 19.4 Å². The molecule has 1 aromatic heterocycles. The number of anilines is 2. The van der Waals surface area contributed by atoms with E-state index in [-0.39, 0.29) is 11.9 Å². The van der Waals surface area contributed by atoms with Crippen molar-refractivity contribution >= 4 is 35.1 Å².